The van der Waals surface area contributed by atoms with Gasteiger partial charge in [0.15, 0.2) is 0 Å². The van der Waals surface area contributed by atoms with Crippen molar-refractivity contribution in [2.24, 2.45) is 11.7 Å². The summed E-state index contributed by atoms with van der Waals surface area (Å²) in [6, 6.07) is 0.197. The highest BCUT2D eigenvalue weighted by atomic mass is 16.5. The topological polar surface area (TPSA) is 35.2 Å². The Morgan fingerprint density at radius 1 is 1.54 bits per heavy atom. The van der Waals surface area contributed by atoms with Gasteiger partial charge in [-0.05, 0) is 32.1 Å². The summed E-state index contributed by atoms with van der Waals surface area (Å²) in [4.78, 5) is 0. The molecule has 0 spiro atoms. The van der Waals surface area contributed by atoms with E-state index in [1.54, 1.807) is 7.11 Å². The van der Waals surface area contributed by atoms with Gasteiger partial charge >= 0.3 is 0 Å². The molecule has 1 saturated carbocycles. The molecule has 1 aliphatic carbocycles. The number of ether oxygens (including phenoxy) is 1. The minimum Gasteiger partial charge on any atom is -0.377 e. The van der Waals surface area contributed by atoms with Crippen LogP contribution < -0.4 is 5.73 Å². The minimum absolute atomic E-state index is 0.116. The Bertz CT molecular complexity index is 150. The van der Waals surface area contributed by atoms with E-state index in [1.807, 2.05) is 0 Å². The van der Waals surface area contributed by atoms with E-state index in [4.69, 9.17) is 10.5 Å². The van der Waals surface area contributed by atoms with Gasteiger partial charge in [0.25, 0.3) is 0 Å². The normalized spacial score (nSPS) is 24.0. The molecule has 0 aromatic carbocycles. The third kappa shape index (κ3) is 2.96. The molecule has 2 atom stereocenters. The van der Waals surface area contributed by atoms with Gasteiger partial charge in [-0.2, -0.15) is 0 Å². The summed E-state index contributed by atoms with van der Waals surface area (Å²) < 4.78 is 5.48. The fourth-order valence-corrected chi connectivity index (χ4v) is 1.69. The fourth-order valence-electron chi connectivity index (χ4n) is 1.69. The standard InChI is InChI=1S/C11H23NO/c1-4-11(2,13-3)10(12)8-7-9-5-6-9/h9-10H,4-8,12H2,1-3H3. The first kappa shape index (κ1) is 11.0. The highest BCUT2D eigenvalue weighted by Gasteiger charge is 2.31. The van der Waals surface area contributed by atoms with E-state index in [2.05, 4.69) is 13.8 Å². The van der Waals surface area contributed by atoms with Gasteiger partial charge in [-0.1, -0.05) is 19.8 Å². The molecular formula is C11H23NO. The maximum Gasteiger partial charge on any atom is 0.0798 e. The molecule has 0 aliphatic heterocycles. The van der Waals surface area contributed by atoms with Crippen molar-refractivity contribution in [3.63, 3.8) is 0 Å². The van der Waals surface area contributed by atoms with Crippen LogP contribution in [0, 0.1) is 5.92 Å². The van der Waals surface area contributed by atoms with Crippen LogP contribution in [0.1, 0.15) is 46.0 Å². The molecule has 78 valence electrons. The van der Waals surface area contributed by atoms with Crippen molar-refractivity contribution in [1.82, 2.24) is 0 Å². The lowest BCUT2D eigenvalue weighted by Crippen LogP contribution is -2.46. The lowest BCUT2D eigenvalue weighted by Gasteiger charge is -2.33. The second-order valence-corrected chi connectivity index (χ2v) is 4.50. The smallest absolute Gasteiger partial charge is 0.0798 e. The quantitative estimate of drug-likeness (QED) is 0.689. The van der Waals surface area contributed by atoms with Crippen LogP contribution in [-0.4, -0.2) is 18.8 Å². The second-order valence-electron chi connectivity index (χ2n) is 4.50. The van der Waals surface area contributed by atoms with E-state index in [1.165, 1.54) is 19.3 Å². The summed E-state index contributed by atoms with van der Waals surface area (Å²) in [7, 11) is 1.76. The average Bonchev–Trinajstić information content (AvgIpc) is 2.96. The van der Waals surface area contributed by atoms with Gasteiger partial charge in [0.05, 0.1) is 5.60 Å². The fraction of sp³-hybridized carbons (Fsp3) is 1.00. The van der Waals surface area contributed by atoms with E-state index < -0.39 is 0 Å². The first-order chi connectivity index (χ1) is 6.12. The monoisotopic (exact) mass is 185 g/mol. The van der Waals surface area contributed by atoms with Crippen LogP contribution in [0.4, 0.5) is 0 Å². The lowest BCUT2D eigenvalue weighted by molar-refractivity contribution is -0.0212. The third-order valence-corrected chi connectivity index (χ3v) is 3.54. The summed E-state index contributed by atoms with van der Waals surface area (Å²) in [5, 5.41) is 0. The molecule has 0 radical (unpaired) electrons. The number of hydrogen-bond donors (Lipinski definition) is 1. The molecule has 0 amide bonds. The molecule has 0 aromatic rings. The average molecular weight is 185 g/mol. The number of hydrogen-bond acceptors (Lipinski definition) is 2. The lowest BCUT2D eigenvalue weighted by atomic mass is 9.90. The SMILES string of the molecule is CCC(C)(OC)C(N)CCC1CC1. The molecule has 2 N–H and O–H groups in total. The van der Waals surface area contributed by atoms with Crippen molar-refractivity contribution < 1.29 is 4.74 Å². The summed E-state index contributed by atoms with van der Waals surface area (Å²) in [6.45, 7) is 4.26. The second kappa shape index (κ2) is 4.43. The summed E-state index contributed by atoms with van der Waals surface area (Å²) in [5.41, 5.74) is 6.01. The largest absolute Gasteiger partial charge is 0.377 e. The summed E-state index contributed by atoms with van der Waals surface area (Å²) >= 11 is 0. The molecule has 13 heavy (non-hydrogen) atoms. The summed E-state index contributed by atoms with van der Waals surface area (Å²) in [5.74, 6) is 0.976. The predicted octanol–water partition coefficient (Wildman–Crippen LogP) is 2.32. The Kier molecular flexibility index (Phi) is 3.74. The molecule has 2 unspecified atom stereocenters. The van der Waals surface area contributed by atoms with Gasteiger partial charge in [0.1, 0.15) is 0 Å². The molecule has 1 aliphatic rings. The molecular weight excluding hydrogens is 162 g/mol. The predicted molar refractivity (Wildman–Crippen MR) is 55.6 cm³/mol. The van der Waals surface area contributed by atoms with Crippen LogP contribution in [0.3, 0.4) is 0 Å². The zero-order valence-electron chi connectivity index (χ0n) is 9.18. The van der Waals surface area contributed by atoms with Crippen LogP contribution >= 0.6 is 0 Å². The van der Waals surface area contributed by atoms with Crippen molar-refractivity contribution in [3.05, 3.63) is 0 Å². The Labute approximate surface area is 81.8 Å². The Morgan fingerprint density at radius 3 is 2.54 bits per heavy atom. The third-order valence-electron chi connectivity index (χ3n) is 3.54. The van der Waals surface area contributed by atoms with E-state index in [0.717, 1.165) is 18.8 Å². The molecule has 0 aromatic heterocycles. The number of nitrogens with two attached hydrogens (primary N) is 1. The van der Waals surface area contributed by atoms with E-state index in [-0.39, 0.29) is 11.6 Å². The maximum absolute atomic E-state index is 6.12. The van der Waals surface area contributed by atoms with Crippen LogP contribution in [0.25, 0.3) is 0 Å². The van der Waals surface area contributed by atoms with Crippen LogP contribution in [-0.2, 0) is 4.74 Å². The Balaban J connectivity index is 2.28. The van der Waals surface area contributed by atoms with Crippen molar-refractivity contribution in [3.8, 4) is 0 Å². The van der Waals surface area contributed by atoms with E-state index in [9.17, 15) is 0 Å². The number of methoxy groups -OCH3 is 1. The van der Waals surface area contributed by atoms with Gasteiger partial charge in [0, 0.05) is 13.2 Å². The highest BCUT2D eigenvalue weighted by molar-refractivity contribution is 4.87. The van der Waals surface area contributed by atoms with Gasteiger partial charge in [0.2, 0.25) is 0 Å². The van der Waals surface area contributed by atoms with Crippen LogP contribution in [0.15, 0.2) is 0 Å². The van der Waals surface area contributed by atoms with Crippen LogP contribution in [0.5, 0.6) is 0 Å². The molecule has 1 fully saturated rings. The van der Waals surface area contributed by atoms with Crippen molar-refractivity contribution in [2.75, 3.05) is 7.11 Å². The Hall–Kier alpha value is -0.0800. The summed E-state index contributed by atoms with van der Waals surface area (Å²) in [6.07, 6.45) is 6.24. The first-order valence-corrected chi connectivity index (χ1v) is 5.43. The van der Waals surface area contributed by atoms with Crippen LogP contribution in [0.2, 0.25) is 0 Å². The van der Waals surface area contributed by atoms with Gasteiger partial charge in [-0.15, -0.1) is 0 Å². The zero-order valence-corrected chi connectivity index (χ0v) is 9.18. The zero-order chi connectivity index (χ0) is 9.90. The van der Waals surface area contributed by atoms with Gasteiger partial charge in [-0.3, -0.25) is 0 Å². The number of rotatable bonds is 6. The van der Waals surface area contributed by atoms with Crippen molar-refractivity contribution in [2.45, 2.75) is 57.6 Å². The molecule has 0 bridgehead atoms. The first-order valence-electron chi connectivity index (χ1n) is 5.43. The molecule has 0 saturated heterocycles. The van der Waals surface area contributed by atoms with Gasteiger partial charge < -0.3 is 10.5 Å². The molecule has 2 nitrogen and oxygen atoms in total. The van der Waals surface area contributed by atoms with Crippen molar-refractivity contribution in [1.29, 1.82) is 0 Å². The van der Waals surface area contributed by atoms with Crippen molar-refractivity contribution >= 4 is 0 Å². The van der Waals surface area contributed by atoms with E-state index >= 15 is 0 Å². The molecule has 0 heterocycles. The minimum atomic E-state index is -0.116. The van der Waals surface area contributed by atoms with Gasteiger partial charge in [-0.25, -0.2) is 0 Å². The maximum atomic E-state index is 6.12. The molecule has 2 heteroatoms. The van der Waals surface area contributed by atoms with E-state index in [0.29, 0.717) is 0 Å². The highest BCUT2D eigenvalue weighted by Crippen LogP contribution is 2.35. The Morgan fingerprint density at radius 2 is 2.15 bits per heavy atom. The molecule has 1 rings (SSSR count).